The zero-order chi connectivity index (χ0) is 17.8. The van der Waals surface area contributed by atoms with E-state index in [1.54, 1.807) is 4.57 Å². The number of aromatic nitrogens is 4. The van der Waals surface area contributed by atoms with Gasteiger partial charge >= 0.3 is 0 Å². The van der Waals surface area contributed by atoms with E-state index >= 15 is 0 Å². The maximum atomic E-state index is 10.9. The van der Waals surface area contributed by atoms with Crippen LogP contribution in [0, 0.1) is 5.92 Å². The second-order valence-electron chi connectivity index (χ2n) is 6.63. The lowest BCUT2D eigenvalue weighted by molar-refractivity contribution is -0.179. The summed E-state index contributed by atoms with van der Waals surface area (Å²) in [6.07, 6.45) is 1.62. The van der Waals surface area contributed by atoms with Gasteiger partial charge in [0.15, 0.2) is 17.2 Å². The molecule has 1 aliphatic heterocycles. The highest BCUT2D eigenvalue weighted by Gasteiger charge is 2.61. The van der Waals surface area contributed by atoms with Gasteiger partial charge in [-0.2, -0.15) is 0 Å². The molecule has 2 aromatic rings. The number of aliphatic hydroxyl groups excluding tert-OH is 3. The molecular weight excluding hydrogens is 350 g/mol. The summed E-state index contributed by atoms with van der Waals surface area (Å²) >= 11 is 6.52. The number of hydrogen-bond acceptors (Lipinski definition) is 8. The zero-order valence-electron chi connectivity index (χ0n) is 13.4. The van der Waals surface area contributed by atoms with Crippen LogP contribution in [0.1, 0.15) is 19.3 Å². The SMILES string of the molecule is Nc1ncnc2c1ncn2[C@]1(C2CCCC2Cl)O[C@H](CO)[C@@H](O)[C@H]1O. The molecule has 136 valence electrons. The predicted octanol–water partition coefficient (Wildman–Crippen LogP) is -0.418. The molecule has 9 nitrogen and oxygen atoms in total. The molecule has 0 radical (unpaired) electrons. The van der Waals surface area contributed by atoms with E-state index < -0.39 is 30.6 Å². The van der Waals surface area contributed by atoms with Gasteiger partial charge in [-0.15, -0.1) is 11.6 Å². The van der Waals surface area contributed by atoms with Crippen molar-refractivity contribution in [3.05, 3.63) is 12.7 Å². The van der Waals surface area contributed by atoms with E-state index in [-0.39, 0.29) is 17.1 Å². The van der Waals surface area contributed by atoms with Crippen LogP contribution < -0.4 is 5.73 Å². The number of rotatable bonds is 3. The lowest BCUT2D eigenvalue weighted by Crippen LogP contribution is -2.52. The quantitative estimate of drug-likeness (QED) is 0.535. The Kier molecular flexibility index (Phi) is 4.08. The van der Waals surface area contributed by atoms with Gasteiger partial charge in [-0.25, -0.2) is 15.0 Å². The number of alkyl halides is 1. The Labute approximate surface area is 148 Å². The first-order chi connectivity index (χ1) is 12.0. The molecule has 25 heavy (non-hydrogen) atoms. The lowest BCUT2D eigenvalue weighted by Gasteiger charge is -2.40. The van der Waals surface area contributed by atoms with Crippen LogP contribution in [0.3, 0.4) is 0 Å². The Hall–Kier alpha value is -1.52. The Bertz CT molecular complexity index is 788. The van der Waals surface area contributed by atoms with Gasteiger partial charge in [0.1, 0.15) is 30.2 Å². The normalized spacial score (nSPS) is 38.6. The van der Waals surface area contributed by atoms with E-state index in [0.29, 0.717) is 17.6 Å². The summed E-state index contributed by atoms with van der Waals surface area (Å²) < 4.78 is 7.64. The summed E-state index contributed by atoms with van der Waals surface area (Å²) in [5.74, 6) is -0.0801. The number of anilines is 1. The summed E-state index contributed by atoms with van der Waals surface area (Å²) in [4.78, 5) is 12.4. The molecule has 0 spiro atoms. The second kappa shape index (κ2) is 6.03. The molecule has 1 aliphatic carbocycles. The molecule has 2 fully saturated rings. The number of nitrogens with two attached hydrogens (primary N) is 1. The smallest absolute Gasteiger partial charge is 0.180 e. The number of aliphatic hydroxyl groups is 3. The first kappa shape index (κ1) is 16.9. The first-order valence-corrected chi connectivity index (χ1v) is 8.67. The standard InChI is InChI=1S/C15H20ClN5O4/c16-8-3-1-2-7(8)15(12(24)11(23)9(4-22)25-15)21-6-20-10-13(17)18-5-19-14(10)21/h5-9,11-12,22-24H,1-4H2,(H2,17,18,19)/t7?,8?,9-,11-,12-,15-/m1/s1. The number of fused-ring (bicyclic) bond motifs is 1. The van der Waals surface area contributed by atoms with Crippen LogP contribution >= 0.6 is 11.6 Å². The van der Waals surface area contributed by atoms with E-state index in [4.69, 9.17) is 22.1 Å². The highest BCUT2D eigenvalue weighted by Crippen LogP contribution is 2.50. The van der Waals surface area contributed by atoms with Crippen LogP contribution in [0.4, 0.5) is 5.82 Å². The molecule has 2 aromatic heterocycles. The molecule has 5 N–H and O–H groups in total. The molecule has 3 heterocycles. The van der Waals surface area contributed by atoms with Crippen molar-refractivity contribution in [2.45, 2.75) is 48.7 Å². The molecule has 2 aliphatic rings. The predicted molar refractivity (Wildman–Crippen MR) is 88.7 cm³/mol. The molecule has 2 unspecified atom stereocenters. The number of imidazole rings is 1. The molecule has 1 saturated heterocycles. The lowest BCUT2D eigenvalue weighted by atomic mass is 9.87. The van der Waals surface area contributed by atoms with Crippen LogP contribution in [-0.4, -0.2) is 65.1 Å². The van der Waals surface area contributed by atoms with E-state index in [2.05, 4.69) is 15.0 Å². The fourth-order valence-corrected chi connectivity index (χ4v) is 4.61. The molecule has 6 atom stereocenters. The van der Waals surface area contributed by atoms with Crippen molar-refractivity contribution in [2.24, 2.45) is 5.92 Å². The van der Waals surface area contributed by atoms with Crippen LogP contribution in [0.5, 0.6) is 0 Å². The minimum absolute atomic E-state index is 0.208. The molecule has 4 rings (SSSR count). The maximum absolute atomic E-state index is 10.9. The van der Waals surface area contributed by atoms with E-state index in [1.165, 1.54) is 12.7 Å². The highest BCUT2D eigenvalue weighted by atomic mass is 35.5. The van der Waals surface area contributed by atoms with Gasteiger partial charge in [-0.1, -0.05) is 6.42 Å². The third kappa shape index (κ3) is 2.27. The van der Waals surface area contributed by atoms with E-state index in [0.717, 1.165) is 12.8 Å². The highest BCUT2D eigenvalue weighted by molar-refractivity contribution is 6.21. The Morgan fingerprint density at radius 3 is 2.76 bits per heavy atom. The molecule has 0 amide bonds. The fraction of sp³-hybridized carbons (Fsp3) is 0.667. The van der Waals surface area contributed by atoms with Crippen LogP contribution in [-0.2, 0) is 10.5 Å². The Balaban J connectivity index is 1.93. The average molecular weight is 370 g/mol. The topological polar surface area (TPSA) is 140 Å². The van der Waals surface area contributed by atoms with Gasteiger partial charge in [0, 0.05) is 11.3 Å². The number of hydrogen-bond donors (Lipinski definition) is 4. The second-order valence-corrected chi connectivity index (χ2v) is 7.19. The Morgan fingerprint density at radius 2 is 2.12 bits per heavy atom. The van der Waals surface area contributed by atoms with Crippen molar-refractivity contribution in [1.29, 1.82) is 0 Å². The minimum Gasteiger partial charge on any atom is -0.394 e. The van der Waals surface area contributed by atoms with Gasteiger partial charge in [0.05, 0.1) is 12.9 Å². The summed E-state index contributed by atoms with van der Waals surface area (Å²) in [5.41, 5.74) is 5.24. The maximum Gasteiger partial charge on any atom is 0.180 e. The van der Waals surface area contributed by atoms with Crippen molar-refractivity contribution in [3.8, 4) is 0 Å². The van der Waals surface area contributed by atoms with Crippen LogP contribution in [0.25, 0.3) is 11.2 Å². The summed E-state index contributed by atoms with van der Waals surface area (Å²) in [6, 6.07) is 0. The van der Waals surface area contributed by atoms with Gasteiger partial charge in [0.2, 0.25) is 0 Å². The van der Waals surface area contributed by atoms with Crippen molar-refractivity contribution in [1.82, 2.24) is 19.5 Å². The largest absolute Gasteiger partial charge is 0.394 e. The first-order valence-electron chi connectivity index (χ1n) is 8.23. The Morgan fingerprint density at radius 1 is 1.32 bits per heavy atom. The fourth-order valence-electron chi connectivity index (χ4n) is 4.15. The van der Waals surface area contributed by atoms with Crippen molar-refractivity contribution >= 4 is 28.6 Å². The van der Waals surface area contributed by atoms with Gasteiger partial charge < -0.3 is 25.8 Å². The molecular formula is C15H20ClN5O4. The average Bonchev–Trinajstić information content (AvgIpc) is 3.28. The van der Waals surface area contributed by atoms with Crippen molar-refractivity contribution < 1.29 is 20.1 Å². The van der Waals surface area contributed by atoms with Crippen molar-refractivity contribution in [2.75, 3.05) is 12.3 Å². The van der Waals surface area contributed by atoms with E-state index in [1.807, 2.05) is 0 Å². The minimum atomic E-state index is -1.38. The van der Waals surface area contributed by atoms with Gasteiger partial charge in [0.25, 0.3) is 0 Å². The molecule has 10 heteroatoms. The third-order valence-corrected chi connectivity index (χ3v) is 5.87. The molecule has 0 aromatic carbocycles. The van der Waals surface area contributed by atoms with Gasteiger partial charge in [-0.3, -0.25) is 4.57 Å². The summed E-state index contributed by atoms with van der Waals surface area (Å²) in [6.45, 7) is -0.427. The van der Waals surface area contributed by atoms with Gasteiger partial charge in [-0.05, 0) is 12.8 Å². The van der Waals surface area contributed by atoms with E-state index in [9.17, 15) is 15.3 Å². The monoisotopic (exact) mass is 369 g/mol. The van der Waals surface area contributed by atoms with Crippen LogP contribution in [0.15, 0.2) is 12.7 Å². The third-order valence-electron chi connectivity index (χ3n) is 5.35. The zero-order valence-corrected chi connectivity index (χ0v) is 14.1. The number of nitrogens with zero attached hydrogens (tertiary/aromatic N) is 4. The summed E-state index contributed by atoms with van der Waals surface area (Å²) in [5, 5.41) is 30.6. The number of ether oxygens (including phenoxy) is 1. The van der Waals surface area contributed by atoms with Crippen molar-refractivity contribution in [3.63, 3.8) is 0 Å². The van der Waals surface area contributed by atoms with Crippen LogP contribution in [0.2, 0.25) is 0 Å². The molecule has 1 saturated carbocycles. The number of halogens is 1. The number of nitrogen functional groups attached to an aromatic ring is 1. The molecule has 0 bridgehead atoms. The summed E-state index contributed by atoms with van der Waals surface area (Å²) in [7, 11) is 0.